The van der Waals surface area contributed by atoms with Crippen molar-refractivity contribution in [2.45, 2.75) is 25.9 Å². The van der Waals surface area contributed by atoms with Gasteiger partial charge in [0.2, 0.25) is 0 Å². The lowest BCUT2D eigenvalue weighted by Gasteiger charge is -2.40. The zero-order valence-electron chi connectivity index (χ0n) is 10.1. The maximum Gasteiger partial charge on any atom is 0.131 e. The first kappa shape index (κ1) is 11.7. The van der Waals surface area contributed by atoms with Crippen molar-refractivity contribution >= 4 is 11.3 Å². The van der Waals surface area contributed by atoms with Gasteiger partial charge in [-0.3, -0.25) is 4.90 Å². The van der Waals surface area contributed by atoms with Gasteiger partial charge in [-0.15, -0.1) is 21.5 Å². The van der Waals surface area contributed by atoms with E-state index in [0.29, 0.717) is 6.04 Å². The zero-order chi connectivity index (χ0) is 12.5. The molecular weight excluding hydrogens is 249 g/mol. The average Bonchev–Trinajstić information content (AvgIpc) is 2.74. The fourth-order valence-corrected chi connectivity index (χ4v) is 3.00. The van der Waals surface area contributed by atoms with Gasteiger partial charge in [-0.25, -0.2) is 4.39 Å². The molecular formula is C13H14FN3S. The van der Waals surface area contributed by atoms with Gasteiger partial charge >= 0.3 is 0 Å². The summed E-state index contributed by atoms with van der Waals surface area (Å²) < 4.78 is 12.9. The molecule has 0 aliphatic carbocycles. The topological polar surface area (TPSA) is 29.0 Å². The van der Waals surface area contributed by atoms with Crippen LogP contribution in [0.2, 0.25) is 0 Å². The number of hydrogen-bond acceptors (Lipinski definition) is 4. The molecule has 3 rings (SSSR count). The Morgan fingerprint density at radius 3 is 2.67 bits per heavy atom. The van der Waals surface area contributed by atoms with Crippen molar-refractivity contribution in [3.8, 4) is 0 Å². The van der Waals surface area contributed by atoms with E-state index in [4.69, 9.17) is 0 Å². The van der Waals surface area contributed by atoms with Gasteiger partial charge in [-0.05, 0) is 31.0 Å². The van der Waals surface area contributed by atoms with Gasteiger partial charge in [0.15, 0.2) is 0 Å². The Labute approximate surface area is 109 Å². The van der Waals surface area contributed by atoms with Crippen molar-refractivity contribution in [2.75, 3.05) is 6.54 Å². The van der Waals surface area contributed by atoms with Crippen LogP contribution < -0.4 is 0 Å². The predicted molar refractivity (Wildman–Crippen MR) is 68.8 cm³/mol. The van der Waals surface area contributed by atoms with Crippen LogP contribution in [-0.2, 0) is 6.54 Å². The third kappa shape index (κ3) is 2.28. The molecule has 0 radical (unpaired) electrons. The van der Waals surface area contributed by atoms with Crippen molar-refractivity contribution < 1.29 is 4.39 Å². The summed E-state index contributed by atoms with van der Waals surface area (Å²) >= 11 is 1.64. The Bertz CT molecular complexity index is 537. The minimum Gasteiger partial charge on any atom is -0.289 e. The number of aryl methyl sites for hydroxylation is 1. The van der Waals surface area contributed by atoms with Crippen LogP contribution in [0.4, 0.5) is 4.39 Å². The highest BCUT2D eigenvalue weighted by molar-refractivity contribution is 7.11. The molecule has 18 heavy (non-hydrogen) atoms. The van der Waals surface area contributed by atoms with Crippen molar-refractivity contribution in [2.24, 2.45) is 0 Å². The van der Waals surface area contributed by atoms with Crippen molar-refractivity contribution in [3.63, 3.8) is 0 Å². The lowest BCUT2D eigenvalue weighted by Crippen LogP contribution is -2.40. The standard InChI is InChI=1S/C13H14FN3S/c1-9-15-16-13(18-9)8-17-7-6-12(17)10-2-4-11(14)5-3-10/h2-5,12H,6-8H2,1H3/t12-/m0/s1. The number of benzene rings is 1. The summed E-state index contributed by atoms with van der Waals surface area (Å²) in [6.07, 6.45) is 1.13. The van der Waals surface area contributed by atoms with Crippen LogP contribution in [0.3, 0.4) is 0 Å². The third-order valence-electron chi connectivity index (χ3n) is 3.29. The van der Waals surface area contributed by atoms with Crippen molar-refractivity contribution in [1.82, 2.24) is 15.1 Å². The Morgan fingerprint density at radius 1 is 1.33 bits per heavy atom. The highest BCUT2D eigenvalue weighted by Crippen LogP contribution is 2.34. The van der Waals surface area contributed by atoms with E-state index in [9.17, 15) is 4.39 Å². The summed E-state index contributed by atoms with van der Waals surface area (Å²) in [6, 6.07) is 7.20. The molecule has 3 nitrogen and oxygen atoms in total. The van der Waals surface area contributed by atoms with E-state index in [1.54, 1.807) is 11.3 Å². The summed E-state index contributed by atoms with van der Waals surface area (Å²) in [4.78, 5) is 2.35. The molecule has 1 aliphatic rings. The van der Waals surface area contributed by atoms with Crippen LogP contribution in [0, 0.1) is 12.7 Å². The van der Waals surface area contributed by atoms with E-state index >= 15 is 0 Å². The number of hydrogen-bond donors (Lipinski definition) is 0. The number of likely N-dealkylation sites (tertiary alicyclic amines) is 1. The minimum atomic E-state index is -0.177. The Kier molecular flexibility index (Phi) is 3.09. The largest absolute Gasteiger partial charge is 0.289 e. The third-order valence-corrected chi connectivity index (χ3v) is 4.11. The first-order valence-corrected chi connectivity index (χ1v) is 6.82. The second-order valence-electron chi connectivity index (χ2n) is 4.54. The van der Waals surface area contributed by atoms with Crippen LogP contribution in [0.5, 0.6) is 0 Å². The summed E-state index contributed by atoms with van der Waals surface area (Å²) in [5, 5.41) is 10.2. The second kappa shape index (κ2) is 4.74. The van der Waals surface area contributed by atoms with E-state index in [0.717, 1.165) is 29.5 Å². The second-order valence-corrected chi connectivity index (χ2v) is 5.81. The van der Waals surface area contributed by atoms with Gasteiger partial charge in [0.1, 0.15) is 15.8 Å². The lowest BCUT2D eigenvalue weighted by molar-refractivity contribution is 0.0815. The molecule has 2 aromatic rings. The molecule has 2 heterocycles. The summed E-state index contributed by atoms with van der Waals surface area (Å²) in [5.74, 6) is -0.177. The molecule has 0 bridgehead atoms. The van der Waals surface area contributed by atoms with E-state index in [-0.39, 0.29) is 5.82 Å². The summed E-state index contributed by atoms with van der Waals surface area (Å²) in [7, 11) is 0. The molecule has 94 valence electrons. The van der Waals surface area contributed by atoms with E-state index < -0.39 is 0 Å². The smallest absolute Gasteiger partial charge is 0.131 e. The highest BCUT2D eigenvalue weighted by atomic mass is 32.1. The van der Waals surface area contributed by atoms with Gasteiger partial charge < -0.3 is 0 Å². The first-order valence-electron chi connectivity index (χ1n) is 6.01. The molecule has 5 heteroatoms. The van der Waals surface area contributed by atoms with Crippen LogP contribution in [0.25, 0.3) is 0 Å². The molecule has 0 spiro atoms. The van der Waals surface area contributed by atoms with E-state index in [1.165, 1.54) is 17.7 Å². The normalized spacial score (nSPS) is 19.8. The predicted octanol–water partition coefficient (Wildman–Crippen LogP) is 2.93. The fourth-order valence-electron chi connectivity index (χ4n) is 2.27. The highest BCUT2D eigenvalue weighted by Gasteiger charge is 2.29. The molecule has 1 saturated heterocycles. The van der Waals surface area contributed by atoms with E-state index in [2.05, 4.69) is 15.1 Å². The monoisotopic (exact) mass is 263 g/mol. The van der Waals surface area contributed by atoms with Crippen molar-refractivity contribution in [1.29, 1.82) is 0 Å². The van der Waals surface area contributed by atoms with Gasteiger partial charge in [-0.2, -0.15) is 0 Å². The maximum atomic E-state index is 12.9. The van der Waals surface area contributed by atoms with Crippen LogP contribution in [-0.4, -0.2) is 21.6 Å². The summed E-state index contributed by atoms with van der Waals surface area (Å²) in [5.41, 5.74) is 1.18. The molecule has 1 fully saturated rings. The molecule has 0 amide bonds. The first-order chi connectivity index (χ1) is 8.72. The number of halogens is 1. The molecule has 0 unspecified atom stereocenters. The van der Waals surface area contributed by atoms with Crippen LogP contribution >= 0.6 is 11.3 Å². The van der Waals surface area contributed by atoms with Gasteiger partial charge in [0.25, 0.3) is 0 Å². The van der Waals surface area contributed by atoms with Gasteiger partial charge in [0, 0.05) is 12.6 Å². The van der Waals surface area contributed by atoms with Crippen molar-refractivity contribution in [3.05, 3.63) is 45.7 Å². The van der Waals surface area contributed by atoms with E-state index in [1.807, 2.05) is 19.1 Å². The van der Waals surface area contributed by atoms with Crippen LogP contribution in [0.15, 0.2) is 24.3 Å². The van der Waals surface area contributed by atoms with Gasteiger partial charge in [0.05, 0.1) is 6.54 Å². The SMILES string of the molecule is Cc1nnc(CN2CC[C@H]2c2ccc(F)cc2)s1. The Morgan fingerprint density at radius 2 is 2.11 bits per heavy atom. The van der Waals surface area contributed by atoms with Crippen LogP contribution in [0.1, 0.15) is 28.0 Å². The lowest BCUT2D eigenvalue weighted by atomic mass is 9.95. The number of nitrogens with zero attached hydrogens (tertiary/aromatic N) is 3. The Hall–Kier alpha value is -1.33. The maximum absolute atomic E-state index is 12.9. The molecule has 1 atom stereocenters. The number of aromatic nitrogens is 2. The fraction of sp³-hybridized carbons (Fsp3) is 0.385. The summed E-state index contributed by atoms with van der Waals surface area (Å²) in [6.45, 7) is 3.88. The molecule has 0 N–H and O–H groups in total. The quantitative estimate of drug-likeness (QED) is 0.852. The average molecular weight is 263 g/mol. The molecule has 1 aromatic carbocycles. The zero-order valence-corrected chi connectivity index (χ0v) is 11.0. The Balaban J connectivity index is 1.70. The molecule has 1 aromatic heterocycles. The minimum absolute atomic E-state index is 0.177. The number of rotatable bonds is 3. The molecule has 0 saturated carbocycles. The van der Waals surface area contributed by atoms with Gasteiger partial charge in [-0.1, -0.05) is 12.1 Å². The molecule has 1 aliphatic heterocycles.